The van der Waals surface area contributed by atoms with Crippen LogP contribution in [0, 0.1) is 13.8 Å². The van der Waals surface area contributed by atoms with Gasteiger partial charge >= 0.3 is 0 Å². The van der Waals surface area contributed by atoms with Crippen LogP contribution in [0.5, 0.6) is 0 Å². The summed E-state index contributed by atoms with van der Waals surface area (Å²) in [6, 6.07) is 3.78. The zero-order chi connectivity index (χ0) is 22.0. The number of pyridine rings is 1. The highest BCUT2D eigenvalue weighted by atomic mass is 32.2. The third-order valence-electron chi connectivity index (χ3n) is 5.17. The average molecular weight is 462 g/mol. The van der Waals surface area contributed by atoms with E-state index in [4.69, 9.17) is 4.52 Å². The number of sulfonamides is 1. The van der Waals surface area contributed by atoms with E-state index in [0.29, 0.717) is 37.4 Å². The van der Waals surface area contributed by atoms with E-state index in [-0.39, 0.29) is 29.5 Å². The van der Waals surface area contributed by atoms with Crippen molar-refractivity contribution in [3.05, 3.63) is 47.1 Å². The van der Waals surface area contributed by atoms with E-state index in [1.807, 2.05) is 17.5 Å². The van der Waals surface area contributed by atoms with Crippen molar-refractivity contribution in [1.82, 2.24) is 24.3 Å². The van der Waals surface area contributed by atoms with Crippen LogP contribution in [0.4, 0.5) is 0 Å². The fourth-order valence-corrected chi connectivity index (χ4v) is 6.20. The zero-order valence-electron chi connectivity index (χ0n) is 17.3. The highest BCUT2D eigenvalue weighted by Crippen LogP contribution is 2.25. The minimum atomic E-state index is -3.72. The molecule has 0 atom stereocenters. The van der Waals surface area contributed by atoms with Crippen molar-refractivity contribution < 1.29 is 17.7 Å². The lowest BCUT2D eigenvalue weighted by Crippen LogP contribution is -2.38. The van der Waals surface area contributed by atoms with Crippen molar-refractivity contribution in [2.24, 2.45) is 0 Å². The molecule has 164 valence electrons. The van der Waals surface area contributed by atoms with Gasteiger partial charge in [-0.2, -0.15) is 4.31 Å². The Kier molecular flexibility index (Phi) is 6.17. The molecule has 11 heteroatoms. The Balaban J connectivity index is 1.41. The van der Waals surface area contributed by atoms with Crippen LogP contribution in [0.3, 0.4) is 0 Å². The Labute approximate surface area is 184 Å². The van der Waals surface area contributed by atoms with E-state index in [1.54, 1.807) is 31.1 Å². The van der Waals surface area contributed by atoms with E-state index in [2.05, 4.69) is 15.1 Å². The molecule has 0 N–H and O–H groups in total. The number of hydrogen-bond donors (Lipinski definition) is 0. The summed E-state index contributed by atoms with van der Waals surface area (Å²) in [4.78, 5) is 23.3. The molecule has 3 aromatic heterocycles. The van der Waals surface area contributed by atoms with Gasteiger partial charge < -0.3 is 9.42 Å². The molecule has 0 aromatic carbocycles. The molecule has 0 bridgehead atoms. The van der Waals surface area contributed by atoms with Crippen LogP contribution >= 0.6 is 11.3 Å². The molecule has 4 heterocycles. The van der Waals surface area contributed by atoms with E-state index >= 15 is 0 Å². The van der Waals surface area contributed by atoms with Crippen LogP contribution in [-0.4, -0.2) is 64.8 Å². The van der Waals surface area contributed by atoms with Gasteiger partial charge in [0.1, 0.15) is 15.6 Å². The minimum Gasteiger partial charge on any atom is -0.360 e. The average Bonchev–Trinajstić information content (AvgIpc) is 3.25. The van der Waals surface area contributed by atoms with Crippen molar-refractivity contribution in [3.63, 3.8) is 0 Å². The third-order valence-corrected chi connectivity index (χ3v) is 8.25. The highest BCUT2D eigenvalue weighted by molar-refractivity contribution is 7.89. The zero-order valence-corrected chi connectivity index (χ0v) is 18.9. The van der Waals surface area contributed by atoms with Crippen LogP contribution < -0.4 is 0 Å². The fourth-order valence-electron chi connectivity index (χ4n) is 3.63. The summed E-state index contributed by atoms with van der Waals surface area (Å²) in [5.74, 6) is 0.224. The predicted octanol–water partition coefficient (Wildman–Crippen LogP) is 2.28. The summed E-state index contributed by atoms with van der Waals surface area (Å²) in [7, 11) is -3.72. The second-order valence-electron chi connectivity index (χ2n) is 7.35. The molecule has 0 spiro atoms. The maximum Gasteiger partial charge on any atom is 0.248 e. The minimum absolute atomic E-state index is 0.0559. The lowest BCUT2D eigenvalue weighted by atomic mass is 10.2. The first kappa shape index (κ1) is 21.6. The SMILES string of the molecule is Cc1noc(C)c1S(=O)(=O)N1CCCN(C(=O)Cc2csc(-c3cccnc3)n2)CC1. The number of aryl methyl sites for hydroxylation is 2. The number of nitrogens with zero attached hydrogens (tertiary/aromatic N) is 5. The standard InChI is InChI=1S/C20H23N5O4S2/c1-14-19(15(2)29-23-14)31(27,28)25-8-4-7-24(9-10-25)18(26)11-17-13-30-20(22-17)16-5-3-6-21-12-16/h3,5-6,12-13H,4,7-11H2,1-2H3. The first-order valence-electron chi connectivity index (χ1n) is 9.92. The molecule has 0 unspecified atom stereocenters. The van der Waals surface area contributed by atoms with Crippen LogP contribution in [-0.2, 0) is 21.2 Å². The van der Waals surface area contributed by atoms with Crippen molar-refractivity contribution in [3.8, 4) is 10.6 Å². The van der Waals surface area contributed by atoms with Crippen LogP contribution in [0.15, 0.2) is 39.3 Å². The van der Waals surface area contributed by atoms with E-state index in [9.17, 15) is 13.2 Å². The molecule has 1 saturated heterocycles. The van der Waals surface area contributed by atoms with Crippen LogP contribution in [0.1, 0.15) is 23.6 Å². The summed E-state index contributed by atoms with van der Waals surface area (Å²) < 4.78 is 32.6. The van der Waals surface area contributed by atoms with E-state index in [0.717, 1.165) is 10.6 Å². The van der Waals surface area contributed by atoms with Crippen molar-refractivity contribution in [1.29, 1.82) is 0 Å². The summed E-state index contributed by atoms with van der Waals surface area (Å²) in [6.07, 6.45) is 4.20. The molecule has 1 amide bonds. The van der Waals surface area contributed by atoms with Crippen molar-refractivity contribution in [2.45, 2.75) is 31.6 Å². The summed E-state index contributed by atoms with van der Waals surface area (Å²) >= 11 is 1.48. The number of amides is 1. The maximum atomic E-state index is 13.1. The van der Waals surface area contributed by atoms with E-state index < -0.39 is 10.0 Å². The molecule has 4 rings (SSSR count). The van der Waals surface area contributed by atoms with Gasteiger partial charge in [-0.15, -0.1) is 11.3 Å². The van der Waals surface area contributed by atoms with Gasteiger partial charge in [0.25, 0.3) is 0 Å². The number of aromatic nitrogens is 3. The molecule has 1 aliphatic heterocycles. The Hall–Kier alpha value is -2.63. The first-order chi connectivity index (χ1) is 14.9. The Morgan fingerprint density at radius 3 is 2.77 bits per heavy atom. The molecule has 0 radical (unpaired) electrons. The molecule has 31 heavy (non-hydrogen) atoms. The maximum absolute atomic E-state index is 13.1. The van der Waals surface area contributed by atoms with Gasteiger partial charge in [0.05, 0.1) is 12.1 Å². The predicted molar refractivity (Wildman–Crippen MR) is 115 cm³/mol. The Bertz CT molecular complexity index is 1150. The summed E-state index contributed by atoms with van der Waals surface area (Å²) in [6.45, 7) is 4.63. The molecule has 1 aliphatic rings. The molecule has 1 fully saturated rings. The van der Waals surface area contributed by atoms with Crippen molar-refractivity contribution >= 4 is 27.3 Å². The quantitative estimate of drug-likeness (QED) is 0.573. The second kappa shape index (κ2) is 8.85. The monoisotopic (exact) mass is 461 g/mol. The lowest BCUT2D eigenvalue weighted by Gasteiger charge is -2.21. The highest BCUT2D eigenvalue weighted by Gasteiger charge is 2.33. The van der Waals surface area contributed by atoms with Gasteiger partial charge in [-0.3, -0.25) is 9.78 Å². The van der Waals surface area contributed by atoms with Crippen LogP contribution in [0.25, 0.3) is 10.6 Å². The van der Waals surface area contributed by atoms with Gasteiger partial charge in [-0.1, -0.05) is 5.16 Å². The van der Waals surface area contributed by atoms with Gasteiger partial charge in [0.2, 0.25) is 15.9 Å². The first-order valence-corrected chi connectivity index (χ1v) is 12.2. The number of carbonyl (C=O) groups excluding carboxylic acids is 1. The topological polar surface area (TPSA) is 110 Å². The summed E-state index contributed by atoms with van der Waals surface area (Å²) in [5.41, 5.74) is 1.97. The number of thiazole rings is 1. The fraction of sp³-hybridized carbons (Fsp3) is 0.400. The molecular weight excluding hydrogens is 438 g/mol. The molecule has 9 nitrogen and oxygen atoms in total. The van der Waals surface area contributed by atoms with Gasteiger partial charge in [0, 0.05) is 49.5 Å². The number of carbonyl (C=O) groups is 1. The number of hydrogen-bond acceptors (Lipinski definition) is 8. The molecule has 3 aromatic rings. The smallest absolute Gasteiger partial charge is 0.248 e. The van der Waals surface area contributed by atoms with Crippen molar-refractivity contribution in [2.75, 3.05) is 26.2 Å². The van der Waals surface area contributed by atoms with Gasteiger partial charge in [-0.05, 0) is 32.4 Å². The molecular formula is C20H23N5O4S2. The molecule has 0 saturated carbocycles. The normalized spacial score (nSPS) is 15.7. The largest absolute Gasteiger partial charge is 0.360 e. The Morgan fingerprint density at radius 2 is 2.06 bits per heavy atom. The molecule has 0 aliphatic carbocycles. The van der Waals surface area contributed by atoms with Gasteiger partial charge in [-0.25, -0.2) is 13.4 Å². The second-order valence-corrected chi connectivity index (χ2v) is 10.1. The summed E-state index contributed by atoms with van der Waals surface area (Å²) in [5, 5.41) is 6.46. The van der Waals surface area contributed by atoms with Gasteiger partial charge in [0.15, 0.2) is 5.76 Å². The van der Waals surface area contributed by atoms with E-state index in [1.165, 1.54) is 15.6 Å². The third kappa shape index (κ3) is 4.53. The number of rotatable bonds is 5. The Morgan fingerprint density at radius 1 is 1.23 bits per heavy atom. The lowest BCUT2D eigenvalue weighted by molar-refractivity contribution is -0.130. The van der Waals surface area contributed by atoms with Crippen LogP contribution in [0.2, 0.25) is 0 Å².